The zero-order valence-electron chi connectivity index (χ0n) is 10.1. The van der Waals surface area contributed by atoms with Crippen molar-refractivity contribution in [3.8, 4) is 0 Å². The molecule has 3 heterocycles. The minimum atomic E-state index is -1.65. The molecule has 0 amide bonds. The Morgan fingerprint density at radius 2 is 2.25 bits per heavy atom. The number of nitrogens with two attached hydrogens (primary N) is 1. The van der Waals surface area contributed by atoms with Gasteiger partial charge in [-0.05, 0) is 22.6 Å². The first-order valence-electron chi connectivity index (χ1n) is 5.89. The predicted molar refractivity (Wildman–Crippen MR) is 76.6 cm³/mol. The molecule has 0 aromatic carbocycles. The van der Waals surface area contributed by atoms with Crippen LogP contribution in [-0.2, 0) is 4.74 Å². The van der Waals surface area contributed by atoms with Crippen molar-refractivity contribution in [3.63, 3.8) is 0 Å². The van der Waals surface area contributed by atoms with E-state index >= 15 is 0 Å². The number of aliphatic hydroxyl groups is 2. The molecule has 0 aliphatic carbocycles. The van der Waals surface area contributed by atoms with Crippen LogP contribution in [0.25, 0.3) is 11.0 Å². The highest BCUT2D eigenvalue weighted by atomic mass is 127. The van der Waals surface area contributed by atoms with Crippen LogP contribution >= 0.6 is 22.6 Å². The molecular formula is C11H12FIN4O3. The van der Waals surface area contributed by atoms with Crippen LogP contribution in [0, 0.1) is 3.57 Å². The minimum Gasteiger partial charge on any atom is -0.394 e. The fourth-order valence-corrected chi connectivity index (χ4v) is 3.16. The van der Waals surface area contributed by atoms with Gasteiger partial charge in [-0.15, -0.1) is 0 Å². The maximum Gasteiger partial charge on any atom is 0.164 e. The molecular weight excluding hydrogens is 382 g/mol. The third-order valence-corrected chi connectivity index (χ3v) is 4.15. The Morgan fingerprint density at radius 3 is 2.90 bits per heavy atom. The molecule has 4 atom stereocenters. The summed E-state index contributed by atoms with van der Waals surface area (Å²) < 4.78 is 21.5. The highest BCUT2D eigenvalue weighted by Crippen LogP contribution is 2.35. The third kappa shape index (κ3) is 1.96. The summed E-state index contributed by atoms with van der Waals surface area (Å²) in [7, 11) is 0. The number of aliphatic hydroxyl groups excluding tert-OH is 2. The second-order valence-corrected chi connectivity index (χ2v) is 5.69. The average molecular weight is 394 g/mol. The number of ether oxygens (including phenoxy) is 1. The van der Waals surface area contributed by atoms with Gasteiger partial charge < -0.3 is 25.3 Å². The zero-order valence-corrected chi connectivity index (χ0v) is 12.3. The molecule has 9 heteroatoms. The molecule has 3 rings (SSSR count). The summed E-state index contributed by atoms with van der Waals surface area (Å²) in [5.74, 6) is 0.307. The summed E-state index contributed by atoms with van der Waals surface area (Å²) in [6.07, 6.45) is -2.08. The van der Waals surface area contributed by atoms with E-state index in [-0.39, 0.29) is 0 Å². The monoisotopic (exact) mass is 394 g/mol. The molecule has 1 aliphatic heterocycles. The highest BCUT2D eigenvalue weighted by molar-refractivity contribution is 14.1. The number of halogens is 2. The van der Waals surface area contributed by atoms with Crippen molar-refractivity contribution < 1.29 is 19.3 Å². The number of nitrogens with zero attached hydrogens (tertiary/aromatic N) is 3. The van der Waals surface area contributed by atoms with Crippen molar-refractivity contribution in [2.45, 2.75) is 24.6 Å². The van der Waals surface area contributed by atoms with Gasteiger partial charge >= 0.3 is 0 Å². The van der Waals surface area contributed by atoms with Crippen molar-refractivity contribution in [3.05, 3.63) is 16.1 Å². The Labute approximate surface area is 126 Å². The molecule has 1 fully saturated rings. The van der Waals surface area contributed by atoms with Gasteiger partial charge in [0.15, 0.2) is 12.4 Å². The fraction of sp³-hybridized carbons (Fsp3) is 0.455. The van der Waals surface area contributed by atoms with Crippen LogP contribution in [-0.4, -0.2) is 49.7 Å². The normalized spacial score (nSPS) is 30.2. The van der Waals surface area contributed by atoms with Crippen LogP contribution in [0.3, 0.4) is 0 Å². The molecule has 0 saturated carbocycles. The van der Waals surface area contributed by atoms with Crippen LogP contribution in [0.2, 0.25) is 0 Å². The van der Waals surface area contributed by atoms with Gasteiger partial charge in [-0.3, -0.25) is 0 Å². The molecule has 7 nitrogen and oxygen atoms in total. The van der Waals surface area contributed by atoms with E-state index in [2.05, 4.69) is 32.6 Å². The number of hydrogen-bond acceptors (Lipinski definition) is 6. The summed E-state index contributed by atoms with van der Waals surface area (Å²) in [6, 6.07) is 0. The third-order valence-electron chi connectivity index (χ3n) is 3.33. The minimum absolute atomic E-state index is 0.307. The molecule has 0 unspecified atom stereocenters. The number of hydrogen-bond donors (Lipinski definition) is 3. The number of aromatic nitrogens is 3. The van der Waals surface area contributed by atoms with E-state index in [9.17, 15) is 9.50 Å². The van der Waals surface area contributed by atoms with Crippen LogP contribution in [0.15, 0.2) is 12.5 Å². The topological polar surface area (TPSA) is 106 Å². The van der Waals surface area contributed by atoms with E-state index in [1.165, 1.54) is 10.9 Å². The number of rotatable bonds is 2. The van der Waals surface area contributed by atoms with E-state index in [1.807, 2.05) is 0 Å². The van der Waals surface area contributed by atoms with E-state index < -0.39 is 31.2 Å². The van der Waals surface area contributed by atoms with Gasteiger partial charge in [-0.25, -0.2) is 14.4 Å². The largest absolute Gasteiger partial charge is 0.394 e. The fourth-order valence-electron chi connectivity index (χ4n) is 2.34. The number of fused-ring (bicyclic) bond motifs is 1. The summed E-state index contributed by atoms with van der Waals surface area (Å²) >= 11 is 2.06. The lowest BCUT2D eigenvalue weighted by molar-refractivity contribution is -0.0493. The highest BCUT2D eigenvalue weighted by Gasteiger charge is 2.45. The predicted octanol–water partition coefficient (Wildman–Crippen LogP) is 0.207. The first kappa shape index (κ1) is 13.9. The van der Waals surface area contributed by atoms with Gasteiger partial charge in [0, 0.05) is 9.77 Å². The van der Waals surface area contributed by atoms with Gasteiger partial charge in [-0.2, -0.15) is 0 Å². The lowest BCUT2D eigenvalue weighted by atomic mass is 10.1. The second-order valence-electron chi connectivity index (χ2n) is 4.52. The number of anilines is 1. The average Bonchev–Trinajstić information content (AvgIpc) is 2.90. The first-order chi connectivity index (χ1) is 9.54. The molecule has 2 aromatic rings. The molecule has 0 bridgehead atoms. The van der Waals surface area contributed by atoms with Crippen molar-refractivity contribution >= 4 is 39.4 Å². The Hall–Kier alpha value is -1.04. The first-order valence-corrected chi connectivity index (χ1v) is 6.97. The quantitative estimate of drug-likeness (QED) is 0.629. The smallest absolute Gasteiger partial charge is 0.164 e. The van der Waals surface area contributed by atoms with Gasteiger partial charge in [0.05, 0.1) is 12.0 Å². The SMILES string of the molecule is Nc1ncnc2c1c(I)cn2[C@@H]1O[C@H](CO)[C@@H](F)[C@H]1O. The van der Waals surface area contributed by atoms with Crippen molar-refractivity contribution in [1.82, 2.24) is 14.5 Å². The molecule has 2 aromatic heterocycles. The lowest BCUT2D eigenvalue weighted by Crippen LogP contribution is -2.29. The Bertz CT molecular complexity index is 652. The molecule has 0 spiro atoms. The van der Waals surface area contributed by atoms with Gasteiger partial charge in [-0.1, -0.05) is 0 Å². The number of alkyl halides is 1. The van der Waals surface area contributed by atoms with E-state index in [1.54, 1.807) is 6.20 Å². The summed E-state index contributed by atoms with van der Waals surface area (Å²) in [4.78, 5) is 8.01. The van der Waals surface area contributed by atoms with E-state index in [0.717, 1.165) is 3.57 Å². The van der Waals surface area contributed by atoms with Crippen LogP contribution < -0.4 is 5.73 Å². The maximum absolute atomic E-state index is 13.8. The number of nitrogen functional groups attached to an aromatic ring is 1. The molecule has 108 valence electrons. The van der Waals surface area contributed by atoms with Crippen LogP contribution in [0.5, 0.6) is 0 Å². The Balaban J connectivity index is 2.10. The van der Waals surface area contributed by atoms with Crippen molar-refractivity contribution in [2.24, 2.45) is 0 Å². The van der Waals surface area contributed by atoms with Crippen molar-refractivity contribution in [2.75, 3.05) is 12.3 Å². The molecule has 1 aliphatic rings. The zero-order chi connectivity index (χ0) is 14.4. The van der Waals surface area contributed by atoms with Gasteiger partial charge in [0.2, 0.25) is 0 Å². The lowest BCUT2D eigenvalue weighted by Gasteiger charge is -2.16. The summed E-state index contributed by atoms with van der Waals surface area (Å²) in [5.41, 5.74) is 6.25. The van der Waals surface area contributed by atoms with Crippen LogP contribution in [0.4, 0.5) is 10.2 Å². The van der Waals surface area contributed by atoms with E-state index in [4.69, 9.17) is 15.6 Å². The van der Waals surface area contributed by atoms with Gasteiger partial charge in [0.1, 0.15) is 30.0 Å². The summed E-state index contributed by atoms with van der Waals surface area (Å²) in [6.45, 7) is -0.498. The second kappa shape index (κ2) is 5.06. The van der Waals surface area contributed by atoms with Crippen LogP contribution in [0.1, 0.15) is 6.23 Å². The summed E-state index contributed by atoms with van der Waals surface area (Å²) in [5, 5.41) is 19.6. The Morgan fingerprint density at radius 1 is 1.50 bits per heavy atom. The van der Waals surface area contributed by atoms with E-state index in [0.29, 0.717) is 16.9 Å². The Kier molecular flexibility index (Phi) is 3.52. The molecule has 0 radical (unpaired) electrons. The standard InChI is InChI=1S/C11H12FIN4O3/c12-7-5(2-18)20-11(8(7)19)17-1-4(13)6-9(14)15-3-16-10(6)17/h1,3,5,7-8,11,18-19H,2H2,(H2,14,15,16)/t5-,7-,8-,11-/m1/s1. The van der Waals surface area contributed by atoms with Gasteiger partial charge in [0.25, 0.3) is 0 Å². The molecule has 4 N–H and O–H groups in total. The maximum atomic E-state index is 13.8. The van der Waals surface area contributed by atoms with Crippen molar-refractivity contribution in [1.29, 1.82) is 0 Å². The molecule has 20 heavy (non-hydrogen) atoms. The molecule has 1 saturated heterocycles.